The van der Waals surface area contributed by atoms with E-state index < -0.39 is 5.97 Å². The number of hydrogen-bond donors (Lipinski definition) is 6. The van der Waals surface area contributed by atoms with Gasteiger partial charge in [-0.25, -0.2) is 33.9 Å². The molecule has 0 bridgehead atoms. The molecule has 490 valence electrons. The normalized spacial score (nSPS) is 11.0. The first-order valence-electron chi connectivity index (χ1n) is 32.7. The molecule has 6 aromatic heterocycles. The molecule has 0 saturated heterocycles. The van der Waals surface area contributed by atoms with E-state index in [0.717, 1.165) is 87.2 Å². The second-order valence-corrected chi connectivity index (χ2v) is 23.8. The molecule has 19 heteroatoms. The van der Waals surface area contributed by atoms with Crippen molar-refractivity contribution in [2.24, 2.45) is 5.92 Å². The fourth-order valence-electron chi connectivity index (χ4n) is 10.2. The average molecular weight is 1240 g/mol. The Kier molecular flexibility index (Phi) is 27.9. The van der Waals surface area contributed by atoms with Crippen molar-refractivity contribution in [3.8, 4) is 40.1 Å². The maximum Gasteiger partial charge on any atom is 0.343 e. The van der Waals surface area contributed by atoms with Gasteiger partial charge in [0.05, 0.1) is 48.8 Å². The molecule has 19 nitrogen and oxygen atoms in total. The molecule has 0 radical (unpaired) electrons. The van der Waals surface area contributed by atoms with Gasteiger partial charge in [-0.05, 0) is 154 Å². The Morgan fingerprint density at radius 2 is 1.22 bits per heavy atom. The second-order valence-electron chi connectivity index (χ2n) is 23.8. The zero-order valence-electron chi connectivity index (χ0n) is 57.1. The van der Waals surface area contributed by atoms with E-state index in [4.69, 9.17) is 14.2 Å². The smallest absolute Gasteiger partial charge is 0.343 e. The van der Waals surface area contributed by atoms with Crippen LogP contribution < -0.4 is 20.1 Å². The molecule has 9 aromatic rings. The van der Waals surface area contributed by atoms with Crippen molar-refractivity contribution in [2.45, 2.75) is 200 Å². The molecule has 0 aliphatic rings. The molecule has 0 aliphatic carbocycles. The summed E-state index contributed by atoms with van der Waals surface area (Å²) >= 11 is 0. The minimum atomic E-state index is -0.460. The van der Waals surface area contributed by atoms with Gasteiger partial charge in [0.25, 0.3) is 5.91 Å². The lowest BCUT2D eigenvalue weighted by Gasteiger charge is -2.08. The number of amides is 2. The summed E-state index contributed by atoms with van der Waals surface area (Å²) in [5.74, 6) is 3.96. The van der Waals surface area contributed by atoms with E-state index in [-0.39, 0.29) is 30.0 Å². The summed E-state index contributed by atoms with van der Waals surface area (Å²) in [5, 5.41) is 13.3. The number of anilines is 2. The number of methoxy groups -OCH3 is 1. The lowest BCUT2D eigenvalue weighted by molar-refractivity contribution is -0.118. The van der Waals surface area contributed by atoms with Gasteiger partial charge >= 0.3 is 5.97 Å². The van der Waals surface area contributed by atoms with Gasteiger partial charge in [-0.1, -0.05) is 123 Å². The van der Waals surface area contributed by atoms with Crippen molar-refractivity contribution in [1.29, 1.82) is 0 Å². The van der Waals surface area contributed by atoms with Gasteiger partial charge in [0.15, 0.2) is 17.2 Å². The molecule has 3 aromatic carbocycles. The van der Waals surface area contributed by atoms with Crippen LogP contribution in [-0.4, -0.2) is 92.4 Å². The van der Waals surface area contributed by atoms with E-state index in [2.05, 4.69) is 95.5 Å². The van der Waals surface area contributed by atoms with Gasteiger partial charge in [-0.2, -0.15) is 5.10 Å². The second kappa shape index (κ2) is 35.6. The van der Waals surface area contributed by atoms with Crippen LogP contribution in [0, 0.1) is 75.2 Å². The predicted octanol–water partition coefficient (Wildman–Crippen LogP) is 16.9. The van der Waals surface area contributed by atoms with E-state index in [1.807, 2.05) is 121 Å². The molecule has 0 aliphatic heterocycles. The minimum absolute atomic E-state index is 0.0220. The number of unbranched alkanes of at least 4 members (excludes halogenated alkanes) is 13. The molecule has 91 heavy (non-hydrogen) atoms. The number of aryl methyl sites for hydroxylation is 11. The van der Waals surface area contributed by atoms with Crippen molar-refractivity contribution < 1.29 is 28.6 Å². The van der Waals surface area contributed by atoms with E-state index in [1.54, 1.807) is 32.4 Å². The van der Waals surface area contributed by atoms with Crippen LogP contribution in [0.3, 0.4) is 0 Å². The maximum absolute atomic E-state index is 13.0. The average Bonchev–Trinajstić information content (AvgIpc) is 1.66. The molecule has 0 unspecified atom stereocenters. The highest BCUT2D eigenvalue weighted by Crippen LogP contribution is 2.27. The lowest BCUT2D eigenvalue weighted by atomic mass is 10.0. The Morgan fingerprint density at radius 3 is 1.76 bits per heavy atom. The van der Waals surface area contributed by atoms with Gasteiger partial charge in [-0.15, -0.1) is 0 Å². The summed E-state index contributed by atoms with van der Waals surface area (Å²) in [5.41, 5.74) is 14.6. The van der Waals surface area contributed by atoms with E-state index in [0.29, 0.717) is 40.7 Å². The van der Waals surface area contributed by atoms with Crippen LogP contribution in [0.1, 0.15) is 208 Å². The molecule has 2 amide bonds. The minimum Gasteiger partial charge on any atom is -0.497 e. The summed E-state index contributed by atoms with van der Waals surface area (Å²) in [6.07, 6.45) is 19.7. The van der Waals surface area contributed by atoms with Crippen molar-refractivity contribution in [1.82, 2.24) is 54.3 Å². The molecule has 6 heterocycles. The molecule has 9 rings (SSSR count). The predicted molar refractivity (Wildman–Crippen MR) is 366 cm³/mol. The number of esters is 1. The number of ether oxygens (including phenoxy) is 3. The fraction of sp³-hybridized carbons (Fsp3) is 0.472. The van der Waals surface area contributed by atoms with Crippen molar-refractivity contribution in [2.75, 3.05) is 31.0 Å². The molecular weight excluding hydrogens is 1140 g/mol. The van der Waals surface area contributed by atoms with Gasteiger partial charge in [-0.3, -0.25) is 14.7 Å². The molecule has 0 fully saturated rings. The maximum atomic E-state index is 13.0. The van der Waals surface area contributed by atoms with Gasteiger partial charge < -0.3 is 39.8 Å². The summed E-state index contributed by atoms with van der Waals surface area (Å²) in [7, 11) is 1.66. The first-order chi connectivity index (χ1) is 43.7. The van der Waals surface area contributed by atoms with Crippen LogP contribution in [-0.2, 0) is 16.0 Å². The van der Waals surface area contributed by atoms with E-state index >= 15 is 0 Å². The quantitative estimate of drug-likeness (QED) is 0.0209. The number of aromatic amines is 4. The highest BCUT2D eigenvalue weighted by Gasteiger charge is 2.25. The lowest BCUT2D eigenvalue weighted by Crippen LogP contribution is -2.18. The van der Waals surface area contributed by atoms with Crippen LogP contribution in [0.2, 0.25) is 0 Å². The van der Waals surface area contributed by atoms with Crippen LogP contribution in [0.4, 0.5) is 11.5 Å². The summed E-state index contributed by atoms with van der Waals surface area (Å²) in [6, 6.07) is 23.5. The molecule has 0 spiro atoms. The first-order valence-corrected chi connectivity index (χ1v) is 32.7. The van der Waals surface area contributed by atoms with Crippen molar-refractivity contribution >= 4 is 34.9 Å². The van der Waals surface area contributed by atoms with Crippen molar-refractivity contribution in [3.05, 3.63) is 147 Å². The van der Waals surface area contributed by atoms with Gasteiger partial charge in [0.1, 0.15) is 28.7 Å². The van der Waals surface area contributed by atoms with Crippen LogP contribution in [0.5, 0.6) is 11.5 Å². The van der Waals surface area contributed by atoms with Crippen LogP contribution in [0.15, 0.2) is 72.8 Å². The number of H-pyrrole nitrogens is 4. The van der Waals surface area contributed by atoms with Crippen molar-refractivity contribution in [3.63, 3.8) is 0 Å². The number of hydrogen-bond acceptors (Lipinski definition) is 11. The zero-order valence-corrected chi connectivity index (χ0v) is 57.1. The topological polar surface area (TPSA) is 240 Å². The molecular formula is C72H101N13O6. The summed E-state index contributed by atoms with van der Waals surface area (Å²) in [4.78, 5) is 64.7. The number of benzene rings is 3. The SMILES string of the molecule is CCCCCCCCCCCCCCCCOc1ccc(NC(=O)c2nc3c(C(=O)OCC)c(C)[nH]n3c2C)cc1.CCc1nc(C)c(C)[nH]1.COc1ccc(-c2nc(-n3nc(C)cc3C)[nH]c2C)cc1.Cc1ccc(-c2nc(NC(=O)C(C)C)c(C)[nH]2)cc1C. The number of carbonyl (C=O) groups excluding carboxylic acids is 3. The monoisotopic (exact) mass is 1240 g/mol. The third-order valence-corrected chi connectivity index (χ3v) is 15.9. The number of imidazole rings is 4. The van der Waals surface area contributed by atoms with E-state index in [9.17, 15) is 14.4 Å². The van der Waals surface area contributed by atoms with Crippen LogP contribution >= 0.6 is 0 Å². The Balaban J connectivity index is 0.000000219. The fourth-order valence-corrected chi connectivity index (χ4v) is 10.2. The Hall–Kier alpha value is -8.74. The van der Waals surface area contributed by atoms with Gasteiger partial charge in [0.2, 0.25) is 11.9 Å². The number of nitrogens with zero attached hydrogens (tertiary/aromatic N) is 7. The Labute approximate surface area is 539 Å². The van der Waals surface area contributed by atoms with Gasteiger partial charge in [0, 0.05) is 51.9 Å². The Morgan fingerprint density at radius 1 is 0.604 bits per heavy atom. The number of carbonyl (C=O) groups is 3. The largest absolute Gasteiger partial charge is 0.497 e. The number of aromatic nitrogens is 11. The first kappa shape index (κ1) is 71.3. The highest BCUT2D eigenvalue weighted by atomic mass is 16.5. The van der Waals surface area contributed by atoms with Crippen LogP contribution in [0.25, 0.3) is 34.2 Å². The zero-order chi connectivity index (χ0) is 66.1. The highest BCUT2D eigenvalue weighted by molar-refractivity contribution is 6.05. The molecule has 0 atom stereocenters. The Bertz CT molecular complexity index is 3700. The number of nitrogens with one attached hydrogen (secondary N) is 6. The third-order valence-electron chi connectivity index (χ3n) is 15.9. The standard InChI is InChI=1S/C33H50N4O4.C16H18N4O.C16H21N3O.C7H12N2/c1-5-7-8-9-10-11-12-13-14-15-16-17-18-19-24-41-28-22-20-27(21-23-28)34-32(38)30-26(4)37-31(35-30)29(25(3)36-37)33(39)40-6-2;1-10-9-11(2)20(19-10)16-17-12(3)15(18-16)13-5-7-14(21-4)8-6-13;1-9(2)16(20)19-14-12(5)17-15(18-14)13-7-6-10(3)11(4)8-13;1-4-7-8-5(2)6(3)9-7/h20-23,36H,5-19,24H2,1-4H3,(H,34,38);5-9H,1-4H3,(H,17,18);6-9H,1-5H3,(H,17,18)(H,19,20);4H2,1-3H3,(H,8,9). The molecule has 6 N–H and O–H groups in total. The number of rotatable bonds is 27. The summed E-state index contributed by atoms with van der Waals surface area (Å²) in [6.45, 7) is 30.5. The molecule has 0 saturated carbocycles. The van der Waals surface area contributed by atoms with E-state index in [1.165, 1.54) is 100 Å². The summed E-state index contributed by atoms with van der Waals surface area (Å²) < 4.78 is 19.7. The third kappa shape index (κ3) is 20.9. The number of fused-ring (bicyclic) bond motifs is 1.